The molecule has 0 unspecified atom stereocenters. The summed E-state index contributed by atoms with van der Waals surface area (Å²) in [5.41, 5.74) is 2.89. The molecule has 0 aliphatic carbocycles. The lowest BCUT2D eigenvalue weighted by Crippen LogP contribution is -2.00. The molecule has 1 aromatic heterocycles. The molecule has 9 rings (SSSR count). The summed E-state index contributed by atoms with van der Waals surface area (Å²) >= 11 is 0. The SMILES string of the molecule is c1ccc(-c2nc(-c3ccccc3)nc(-c3cccc4c5cccc6ccc7cccc(c8ccccc8c34)c7c65)n2)cc1. The van der Waals surface area contributed by atoms with Crippen LogP contribution in [0.3, 0.4) is 0 Å². The Hall–Kier alpha value is -5.93. The molecule has 0 radical (unpaired) electrons. The van der Waals surface area contributed by atoms with E-state index in [1.165, 1.54) is 48.5 Å². The average molecular weight is 560 g/mol. The Balaban J connectivity index is 1.49. The van der Waals surface area contributed by atoms with E-state index in [1.54, 1.807) is 0 Å². The van der Waals surface area contributed by atoms with E-state index in [9.17, 15) is 0 Å². The van der Waals surface area contributed by atoms with Gasteiger partial charge in [-0.05, 0) is 48.5 Å². The summed E-state index contributed by atoms with van der Waals surface area (Å²) in [6.07, 6.45) is 0. The second-order valence-electron chi connectivity index (χ2n) is 11.2. The molecule has 3 nitrogen and oxygen atoms in total. The lowest BCUT2D eigenvalue weighted by atomic mass is 9.89. The molecule has 0 atom stereocenters. The molecule has 0 bridgehead atoms. The van der Waals surface area contributed by atoms with Gasteiger partial charge in [-0.15, -0.1) is 0 Å². The van der Waals surface area contributed by atoms with Gasteiger partial charge in [-0.25, -0.2) is 15.0 Å². The highest BCUT2D eigenvalue weighted by molar-refractivity contribution is 6.33. The Labute approximate surface area is 254 Å². The maximum Gasteiger partial charge on any atom is 0.164 e. The molecule has 0 aliphatic heterocycles. The second-order valence-corrected chi connectivity index (χ2v) is 11.2. The third kappa shape index (κ3) is 3.80. The lowest BCUT2D eigenvalue weighted by Gasteiger charge is -2.15. The van der Waals surface area contributed by atoms with Crippen molar-refractivity contribution < 1.29 is 0 Å². The molecule has 0 spiro atoms. The predicted molar refractivity (Wildman–Crippen MR) is 184 cm³/mol. The molecule has 0 aliphatic rings. The first-order valence-corrected chi connectivity index (χ1v) is 14.9. The minimum absolute atomic E-state index is 0.656. The van der Waals surface area contributed by atoms with Crippen molar-refractivity contribution in [2.24, 2.45) is 0 Å². The minimum Gasteiger partial charge on any atom is -0.208 e. The highest BCUT2D eigenvalue weighted by Gasteiger charge is 2.18. The minimum atomic E-state index is 0.656. The lowest BCUT2D eigenvalue weighted by molar-refractivity contribution is 1.08. The Morgan fingerprint density at radius 3 is 1.27 bits per heavy atom. The van der Waals surface area contributed by atoms with Gasteiger partial charge in [0.15, 0.2) is 17.5 Å². The zero-order chi connectivity index (χ0) is 29.0. The van der Waals surface area contributed by atoms with Crippen LogP contribution in [-0.2, 0) is 0 Å². The molecule has 1 heterocycles. The molecule has 3 heteroatoms. The number of fused-ring (bicyclic) bond motifs is 5. The van der Waals surface area contributed by atoms with Crippen LogP contribution in [0.25, 0.3) is 88.0 Å². The number of hydrogen-bond donors (Lipinski definition) is 0. The van der Waals surface area contributed by atoms with Gasteiger partial charge in [0.1, 0.15) is 0 Å². The number of hydrogen-bond acceptors (Lipinski definition) is 3. The Bertz CT molecular complexity index is 2480. The van der Waals surface area contributed by atoms with Crippen molar-refractivity contribution in [1.82, 2.24) is 15.0 Å². The molecule has 0 fully saturated rings. The molecular formula is C41H25N3. The van der Waals surface area contributed by atoms with Crippen LogP contribution in [-0.4, -0.2) is 15.0 Å². The van der Waals surface area contributed by atoms with E-state index in [2.05, 4.69) is 115 Å². The molecule has 0 saturated carbocycles. The van der Waals surface area contributed by atoms with Gasteiger partial charge in [0.2, 0.25) is 0 Å². The monoisotopic (exact) mass is 559 g/mol. The highest BCUT2D eigenvalue weighted by Crippen LogP contribution is 2.42. The van der Waals surface area contributed by atoms with Gasteiger partial charge in [0.25, 0.3) is 0 Å². The third-order valence-corrected chi connectivity index (χ3v) is 8.67. The largest absolute Gasteiger partial charge is 0.208 e. The van der Waals surface area contributed by atoms with E-state index >= 15 is 0 Å². The van der Waals surface area contributed by atoms with Gasteiger partial charge in [0, 0.05) is 22.1 Å². The summed E-state index contributed by atoms with van der Waals surface area (Å²) in [4.78, 5) is 15.2. The molecule has 0 N–H and O–H groups in total. The van der Waals surface area contributed by atoms with Crippen molar-refractivity contribution in [3.05, 3.63) is 152 Å². The van der Waals surface area contributed by atoms with E-state index in [0.29, 0.717) is 17.5 Å². The van der Waals surface area contributed by atoms with Crippen LogP contribution < -0.4 is 0 Å². The second kappa shape index (κ2) is 9.82. The number of aromatic nitrogens is 3. The van der Waals surface area contributed by atoms with Crippen molar-refractivity contribution >= 4 is 53.9 Å². The van der Waals surface area contributed by atoms with Crippen LogP contribution in [0.2, 0.25) is 0 Å². The molecule has 204 valence electrons. The average Bonchev–Trinajstić information content (AvgIpc) is 3.10. The zero-order valence-electron chi connectivity index (χ0n) is 23.8. The maximum atomic E-state index is 5.14. The van der Waals surface area contributed by atoms with Crippen LogP contribution in [0, 0.1) is 0 Å². The molecule has 44 heavy (non-hydrogen) atoms. The fourth-order valence-corrected chi connectivity index (χ4v) is 6.72. The first-order valence-electron chi connectivity index (χ1n) is 14.9. The summed E-state index contributed by atoms with van der Waals surface area (Å²) in [5, 5.41) is 12.2. The van der Waals surface area contributed by atoms with Crippen molar-refractivity contribution in [2.45, 2.75) is 0 Å². The van der Waals surface area contributed by atoms with Gasteiger partial charge in [0.05, 0.1) is 0 Å². The molecular weight excluding hydrogens is 534 g/mol. The molecule has 9 aromatic rings. The Morgan fingerprint density at radius 2 is 0.682 bits per heavy atom. The number of rotatable bonds is 3. The van der Waals surface area contributed by atoms with Crippen molar-refractivity contribution in [2.75, 3.05) is 0 Å². The van der Waals surface area contributed by atoms with Crippen LogP contribution >= 0.6 is 0 Å². The Morgan fingerprint density at radius 1 is 0.273 bits per heavy atom. The maximum absolute atomic E-state index is 5.14. The molecule has 0 amide bonds. The van der Waals surface area contributed by atoms with Gasteiger partial charge < -0.3 is 0 Å². The van der Waals surface area contributed by atoms with Crippen LogP contribution in [0.15, 0.2) is 152 Å². The van der Waals surface area contributed by atoms with Crippen LogP contribution in [0.1, 0.15) is 0 Å². The van der Waals surface area contributed by atoms with E-state index in [-0.39, 0.29) is 0 Å². The summed E-state index contributed by atoms with van der Waals surface area (Å²) in [6.45, 7) is 0. The Kier molecular flexibility index (Phi) is 5.50. The van der Waals surface area contributed by atoms with Gasteiger partial charge in [-0.1, -0.05) is 152 Å². The smallest absolute Gasteiger partial charge is 0.164 e. The summed E-state index contributed by atoms with van der Waals surface area (Å²) in [7, 11) is 0. The standard InChI is InChI=1S/C41H25N3/c1-3-12-28(13-4-1)39-42-40(29-14-5-2-6-15-29)44-41(43-39)35-23-11-22-34-33-21-10-17-27-25-24-26-16-9-20-31(36(26)37(27)33)30-18-7-8-19-32(30)38(34)35/h1-25H. The third-order valence-electron chi connectivity index (χ3n) is 8.67. The van der Waals surface area contributed by atoms with Crippen molar-refractivity contribution in [1.29, 1.82) is 0 Å². The fraction of sp³-hybridized carbons (Fsp3) is 0. The van der Waals surface area contributed by atoms with Crippen molar-refractivity contribution in [3.8, 4) is 34.2 Å². The zero-order valence-corrected chi connectivity index (χ0v) is 23.8. The van der Waals surface area contributed by atoms with E-state index < -0.39 is 0 Å². The normalized spacial score (nSPS) is 11.6. The van der Waals surface area contributed by atoms with Gasteiger partial charge in [-0.2, -0.15) is 0 Å². The summed E-state index contributed by atoms with van der Waals surface area (Å²) < 4.78 is 0. The topological polar surface area (TPSA) is 38.7 Å². The van der Waals surface area contributed by atoms with Gasteiger partial charge >= 0.3 is 0 Å². The predicted octanol–water partition coefficient (Wildman–Crippen LogP) is 10.6. The van der Waals surface area contributed by atoms with Crippen molar-refractivity contribution in [3.63, 3.8) is 0 Å². The fourth-order valence-electron chi connectivity index (χ4n) is 6.72. The van der Waals surface area contributed by atoms with Crippen LogP contribution in [0.4, 0.5) is 0 Å². The molecule has 8 aromatic carbocycles. The first kappa shape index (κ1) is 24.6. The summed E-state index contributed by atoms with van der Waals surface area (Å²) in [6, 6.07) is 53.4. The van der Waals surface area contributed by atoms with E-state index in [4.69, 9.17) is 15.0 Å². The van der Waals surface area contributed by atoms with Gasteiger partial charge in [-0.3, -0.25) is 0 Å². The van der Waals surface area contributed by atoms with E-state index in [1.807, 2.05) is 36.4 Å². The number of nitrogens with zero attached hydrogens (tertiary/aromatic N) is 3. The molecule has 0 saturated heterocycles. The first-order chi connectivity index (χ1) is 21.8. The highest BCUT2D eigenvalue weighted by atomic mass is 15.0. The quantitative estimate of drug-likeness (QED) is 0.202. The number of benzene rings is 7. The van der Waals surface area contributed by atoms with Crippen LogP contribution in [0.5, 0.6) is 0 Å². The van der Waals surface area contributed by atoms with E-state index in [0.717, 1.165) is 22.1 Å². The summed E-state index contributed by atoms with van der Waals surface area (Å²) in [5.74, 6) is 1.97.